The number of aliphatic hydroxyl groups excluding tert-OH is 3. The Morgan fingerprint density at radius 1 is 0.450 bits per heavy atom. The molecule has 120 heavy (non-hydrogen) atoms. The van der Waals surface area contributed by atoms with E-state index in [9.17, 15) is 47.9 Å². The SMILES string of the molecule is CC(C)c1cccnc1.CC(C)c1cccnc1.CC(C)c1cccnc1.CC(C)c1cccnc1.CC(C)c1cccnc1.CCC(=O)N[C@@H](CC)[C@H](C)O.CC[C@@H]([C@@H](C)O)n1ccn(C)c1=O.CC[C@@H]([C@@H](C)O)n1ccn(C)c1=O.CC[C@@H]([C@@H](C)OP(=O)(O)O)n1ncn(C)c1=O.CC[C@@H]([C@H](C)CC(=O)CN(C)C)n1ncn(C)c1=O.CF. The van der Waals surface area contributed by atoms with Gasteiger partial charge in [0.1, 0.15) is 18.4 Å². The first-order valence-electron chi connectivity index (χ1n) is 41.2. The number of phosphoric acid groups is 1. The topological polar surface area (TPSA) is 375 Å². The molecular formula is C88H147FN17O13P. The molecule has 6 N–H and O–H groups in total. The molecule has 1 amide bonds. The third-order valence-electron chi connectivity index (χ3n) is 18.8. The van der Waals surface area contributed by atoms with Gasteiger partial charge in [0.15, 0.2) is 0 Å². The van der Waals surface area contributed by atoms with Gasteiger partial charge in [0.2, 0.25) is 5.91 Å². The molecule has 30 nitrogen and oxygen atoms in total. The highest BCUT2D eigenvalue weighted by atomic mass is 31.2. The van der Waals surface area contributed by atoms with Gasteiger partial charge in [-0.05, 0) is 168 Å². The minimum Gasteiger partial charge on any atom is -0.391 e. The number of carbonyl (C=O) groups is 2. The number of amides is 1. The predicted molar refractivity (Wildman–Crippen MR) is 478 cm³/mol. The maximum atomic E-state index is 11.9. The molecule has 674 valence electrons. The van der Waals surface area contributed by atoms with Crippen LogP contribution in [0.3, 0.4) is 0 Å². The molecule has 0 radical (unpaired) electrons. The summed E-state index contributed by atoms with van der Waals surface area (Å²) < 4.78 is 36.4. The second kappa shape index (κ2) is 61.9. The molecule has 10 atom stereocenters. The second-order valence-electron chi connectivity index (χ2n) is 30.7. The lowest BCUT2D eigenvalue weighted by atomic mass is 9.94. The molecule has 9 rings (SSSR count). The van der Waals surface area contributed by atoms with E-state index >= 15 is 0 Å². The molecule has 32 heteroatoms. The molecule has 9 heterocycles. The number of imidazole rings is 2. The highest BCUT2D eigenvalue weighted by molar-refractivity contribution is 7.46. The van der Waals surface area contributed by atoms with Crippen molar-refractivity contribution in [1.82, 2.24) is 82.1 Å². The Morgan fingerprint density at radius 2 is 0.750 bits per heavy atom. The summed E-state index contributed by atoms with van der Waals surface area (Å²) in [5.41, 5.74) is 5.89. The number of nitrogens with one attached hydrogen (secondary N) is 1. The highest BCUT2D eigenvalue weighted by Crippen LogP contribution is 2.40. The molecule has 0 aliphatic heterocycles. The van der Waals surface area contributed by atoms with Crippen LogP contribution in [0.2, 0.25) is 0 Å². The summed E-state index contributed by atoms with van der Waals surface area (Å²) >= 11 is 0. The number of aliphatic hydroxyl groups is 3. The number of halogens is 1. The summed E-state index contributed by atoms with van der Waals surface area (Å²) in [5, 5.41) is 38.7. The number of phosphoric ester groups is 1. The summed E-state index contributed by atoms with van der Waals surface area (Å²) in [6, 6.07) is 19.4. The number of alkyl halides is 1. The molecule has 0 unspecified atom stereocenters. The van der Waals surface area contributed by atoms with Crippen LogP contribution in [0.5, 0.6) is 0 Å². The second-order valence-corrected chi connectivity index (χ2v) is 31.9. The molecular weight excluding hydrogens is 1550 g/mol. The zero-order chi connectivity index (χ0) is 92.1. The van der Waals surface area contributed by atoms with Crippen LogP contribution in [0.4, 0.5) is 4.39 Å². The van der Waals surface area contributed by atoms with Crippen molar-refractivity contribution in [2.45, 2.75) is 275 Å². The van der Waals surface area contributed by atoms with E-state index in [-0.39, 0.29) is 64.5 Å². The van der Waals surface area contributed by atoms with E-state index in [0.29, 0.717) is 62.6 Å². The minimum absolute atomic E-state index is 0.00208. The molecule has 0 fully saturated rings. The van der Waals surface area contributed by atoms with Crippen molar-refractivity contribution in [3.63, 3.8) is 0 Å². The number of likely N-dealkylation sites (N-methyl/N-ethyl adjacent to an activating group) is 1. The van der Waals surface area contributed by atoms with Gasteiger partial charge in [0, 0.05) is 128 Å². The smallest absolute Gasteiger partial charge is 0.391 e. The Morgan fingerprint density at radius 3 is 0.933 bits per heavy atom. The Hall–Kier alpha value is -9.33. The van der Waals surface area contributed by atoms with Crippen LogP contribution in [-0.4, -0.2) is 172 Å². The van der Waals surface area contributed by atoms with E-state index in [4.69, 9.17) is 14.9 Å². The fourth-order valence-corrected chi connectivity index (χ4v) is 12.0. The summed E-state index contributed by atoms with van der Waals surface area (Å²) in [6.45, 7) is 42.1. The van der Waals surface area contributed by atoms with Crippen molar-refractivity contribution < 1.29 is 48.2 Å². The largest absolute Gasteiger partial charge is 0.469 e. The fourth-order valence-electron chi connectivity index (χ4n) is 11.4. The molecule has 0 aromatic carbocycles. The van der Waals surface area contributed by atoms with Crippen molar-refractivity contribution in [2.75, 3.05) is 27.8 Å². The van der Waals surface area contributed by atoms with Crippen LogP contribution in [-0.2, 0) is 46.9 Å². The van der Waals surface area contributed by atoms with Gasteiger partial charge in [-0.25, -0.2) is 33.1 Å². The molecule has 9 aromatic rings. The van der Waals surface area contributed by atoms with Crippen molar-refractivity contribution in [3.05, 3.63) is 230 Å². The standard InChI is InChI=1S/C13H24N4O2.2C9H16N2O2.C8H16N3O5P.C8H17NO2.5C8H11N.CH3F/c1-6-12(17-13(19)16(5)9-14-17)10(2)7-11(18)8-15(3)4;2*1-4-8(7(2)12)11-6-5-10(3)9(11)13;1-4-7(6(2)16-17(13,14)15)11-8(12)10(3)5-9-11;1-4-7(6(3)10)9-8(11)5-2;5*1-7(2)8-4-3-5-9-6-8;1-2/h9-10,12H,6-8H2,1-5H3;2*5-8,12H,4H2,1-3H3;5-7H,4H2,1-3H3,(H2,13,14,15);6-7,10H,4-5H2,1-3H3,(H,9,11);5*3-7H,1-2H3;1H3/t10-,12+;2*7-,8+;6-,7+;6-,7-;;;;;;/m11110....../s1. The number of nitrogens with zero attached hydrogens (tertiary/aromatic N) is 16. The van der Waals surface area contributed by atoms with E-state index in [0.717, 1.165) is 25.7 Å². The minimum atomic E-state index is -4.57. The first-order chi connectivity index (χ1) is 56.4. The number of aromatic nitrogens is 15. The number of aryl methyl sites for hydroxylation is 4. The maximum absolute atomic E-state index is 11.9. The number of hydrogen-bond acceptors (Lipinski definition) is 19. The summed E-state index contributed by atoms with van der Waals surface area (Å²) in [7, 11) is 6.32. The monoisotopic (exact) mass is 1700 g/mol. The third kappa shape index (κ3) is 44.8. The van der Waals surface area contributed by atoms with Crippen molar-refractivity contribution in [1.29, 1.82) is 0 Å². The normalized spacial score (nSPS) is 13.2. The molecule has 9 aromatic heterocycles. The average molecular weight is 1700 g/mol. The van der Waals surface area contributed by atoms with Gasteiger partial charge in [0.05, 0.1) is 68.3 Å². The first-order valence-corrected chi connectivity index (χ1v) is 42.7. The van der Waals surface area contributed by atoms with Crippen LogP contribution in [0, 0.1) is 5.92 Å². The van der Waals surface area contributed by atoms with Gasteiger partial charge in [-0.2, -0.15) is 10.2 Å². The zero-order valence-electron chi connectivity index (χ0n) is 76.8. The Kier molecular flexibility index (Phi) is 58.1. The number of pyridine rings is 5. The lowest BCUT2D eigenvalue weighted by molar-refractivity contribution is -0.122. The maximum Gasteiger partial charge on any atom is 0.469 e. The number of rotatable bonds is 27. The van der Waals surface area contributed by atoms with Crippen molar-refractivity contribution in [3.8, 4) is 0 Å². The number of ketones is 1. The summed E-state index contributed by atoms with van der Waals surface area (Å²) in [4.78, 5) is 109. The average Bonchev–Trinajstić information content (AvgIpc) is 1.72. The Bertz CT molecular complexity index is 4070. The molecule has 0 saturated carbocycles. The number of Topliss-reactive ketones (excluding diaryl/α,β-unsaturated/α-hetero) is 1. The molecule has 0 bridgehead atoms. The third-order valence-corrected chi connectivity index (χ3v) is 19.4. The van der Waals surface area contributed by atoms with Crippen molar-refractivity contribution >= 4 is 19.5 Å². The van der Waals surface area contributed by atoms with E-state index in [1.54, 1.807) is 128 Å². The highest BCUT2D eigenvalue weighted by Gasteiger charge is 2.29. The van der Waals surface area contributed by atoms with E-state index < -0.39 is 38.3 Å². The van der Waals surface area contributed by atoms with Gasteiger partial charge in [-0.1, -0.05) is 148 Å². The Balaban J connectivity index is 0. The zero-order valence-corrected chi connectivity index (χ0v) is 77.7. The van der Waals surface area contributed by atoms with Crippen LogP contribution in [0.1, 0.15) is 272 Å². The fraction of sp³-hybridized carbons (Fsp3) is 0.580. The van der Waals surface area contributed by atoms with E-state index in [2.05, 4.69) is 145 Å². The van der Waals surface area contributed by atoms with Gasteiger partial charge in [0.25, 0.3) is 0 Å². The first kappa shape index (κ1) is 113. The summed E-state index contributed by atoms with van der Waals surface area (Å²) in [5.74, 6) is 3.27. The van der Waals surface area contributed by atoms with Crippen molar-refractivity contribution in [2.24, 2.45) is 34.1 Å². The Labute approximate surface area is 712 Å². The molecule has 0 aliphatic carbocycles. The lowest BCUT2D eigenvalue weighted by Gasteiger charge is -2.22. The number of carbonyl (C=O) groups excluding carboxylic acids is 2. The van der Waals surface area contributed by atoms with Crippen LogP contribution >= 0.6 is 7.82 Å². The predicted octanol–water partition coefficient (Wildman–Crippen LogP) is 14.0. The lowest BCUT2D eigenvalue weighted by Crippen LogP contribution is -2.41. The van der Waals surface area contributed by atoms with Gasteiger partial charge < -0.3 is 44.5 Å². The van der Waals surface area contributed by atoms with Gasteiger partial charge >= 0.3 is 30.6 Å². The van der Waals surface area contributed by atoms with E-state index in [1.165, 1.54) is 75.0 Å². The van der Waals surface area contributed by atoms with Gasteiger partial charge in [-0.15, -0.1) is 0 Å². The number of hydrogen-bond donors (Lipinski definition) is 6. The molecule has 0 aliphatic rings. The summed E-state index contributed by atoms with van der Waals surface area (Å²) in [6.07, 6.45) is 30.4. The van der Waals surface area contributed by atoms with E-state index in [1.807, 2.05) is 115 Å². The van der Waals surface area contributed by atoms with Crippen LogP contribution < -0.4 is 28.1 Å². The molecule has 0 saturated heterocycles. The van der Waals surface area contributed by atoms with Crippen LogP contribution in [0.25, 0.3) is 0 Å². The molecule has 0 spiro atoms. The van der Waals surface area contributed by atoms with Crippen LogP contribution in [0.15, 0.2) is 179 Å². The van der Waals surface area contributed by atoms with Gasteiger partial charge in [-0.3, -0.25) is 61.7 Å². The quantitative estimate of drug-likeness (QED) is 0.0260.